The van der Waals surface area contributed by atoms with Crippen LogP contribution < -0.4 is 0 Å². The van der Waals surface area contributed by atoms with Crippen LogP contribution in [-0.2, 0) is 6.18 Å². The van der Waals surface area contributed by atoms with Crippen LogP contribution in [0, 0.1) is 11.7 Å². The lowest BCUT2D eigenvalue weighted by atomic mass is 10.1. The lowest BCUT2D eigenvalue weighted by molar-refractivity contribution is -0.137. The molecule has 1 aliphatic rings. The summed E-state index contributed by atoms with van der Waals surface area (Å²) < 4.78 is 51.6. The Labute approximate surface area is 114 Å². The van der Waals surface area contributed by atoms with E-state index in [4.69, 9.17) is 0 Å². The molecule has 0 bridgehead atoms. The predicted octanol–water partition coefficient (Wildman–Crippen LogP) is 3.72. The largest absolute Gasteiger partial charge is 0.416 e. The molecule has 0 aromatic heterocycles. The summed E-state index contributed by atoms with van der Waals surface area (Å²) in [5.41, 5.74) is -1.53. The second kappa shape index (κ2) is 5.07. The summed E-state index contributed by atoms with van der Waals surface area (Å²) in [4.78, 5) is 13.7. The van der Waals surface area contributed by atoms with Crippen LogP contribution in [0.3, 0.4) is 0 Å². The fourth-order valence-corrected chi connectivity index (χ4v) is 2.60. The molecule has 2 rings (SSSR count). The van der Waals surface area contributed by atoms with Gasteiger partial charge in [-0.2, -0.15) is 13.2 Å². The molecule has 1 aliphatic heterocycles. The van der Waals surface area contributed by atoms with Gasteiger partial charge in [-0.05, 0) is 37.5 Å². The third-order valence-corrected chi connectivity index (χ3v) is 3.57. The molecule has 1 aromatic rings. The molecule has 2 nitrogen and oxygen atoms in total. The number of rotatable bonds is 1. The maximum absolute atomic E-state index is 13.7. The van der Waals surface area contributed by atoms with E-state index >= 15 is 0 Å². The first-order valence-corrected chi connectivity index (χ1v) is 6.38. The first-order chi connectivity index (χ1) is 9.20. The molecule has 1 fully saturated rings. The van der Waals surface area contributed by atoms with E-state index < -0.39 is 29.0 Å². The predicted molar refractivity (Wildman–Crippen MR) is 65.7 cm³/mol. The average Bonchev–Trinajstić information content (AvgIpc) is 2.66. The van der Waals surface area contributed by atoms with Crippen molar-refractivity contribution in [2.45, 2.75) is 32.5 Å². The fraction of sp³-hybridized carbons (Fsp3) is 0.500. The van der Waals surface area contributed by atoms with Crippen molar-refractivity contribution in [2.75, 3.05) is 6.54 Å². The molecule has 1 heterocycles. The number of carbonyl (C=O) groups is 1. The van der Waals surface area contributed by atoms with Crippen LogP contribution >= 0.6 is 0 Å². The van der Waals surface area contributed by atoms with Crippen LogP contribution in [0.4, 0.5) is 17.6 Å². The molecule has 110 valence electrons. The normalized spacial score (nSPS) is 23.2. The summed E-state index contributed by atoms with van der Waals surface area (Å²) in [5, 5.41) is 0. The van der Waals surface area contributed by atoms with E-state index in [2.05, 4.69) is 0 Å². The van der Waals surface area contributed by atoms with Crippen molar-refractivity contribution >= 4 is 5.91 Å². The standard InChI is InChI=1S/C14H15F4NO/c1-8-5-9(2)19(7-8)13(20)11-6-10(14(16,17)18)3-4-12(11)15/h3-4,6,8-9H,5,7H2,1-2H3. The highest BCUT2D eigenvalue weighted by Crippen LogP contribution is 2.31. The number of carbonyl (C=O) groups excluding carboxylic acids is 1. The van der Waals surface area contributed by atoms with E-state index in [0.717, 1.165) is 6.42 Å². The molecule has 1 saturated heterocycles. The van der Waals surface area contributed by atoms with Gasteiger partial charge in [0.05, 0.1) is 11.1 Å². The molecular formula is C14H15F4NO. The van der Waals surface area contributed by atoms with Gasteiger partial charge in [0.1, 0.15) is 5.82 Å². The van der Waals surface area contributed by atoms with Crippen LogP contribution in [0.2, 0.25) is 0 Å². The highest BCUT2D eigenvalue weighted by atomic mass is 19.4. The molecule has 0 radical (unpaired) electrons. The van der Waals surface area contributed by atoms with Gasteiger partial charge in [-0.3, -0.25) is 4.79 Å². The van der Waals surface area contributed by atoms with Gasteiger partial charge >= 0.3 is 6.18 Å². The van der Waals surface area contributed by atoms with Gasteiger partial charge in [-0.1, -0.05) is 6.92 Å². The number of halogens is 4. The molecule has 0 aliphatic carbocycles. The van der Waals surface area contributed by atoms with Gasteiger partial charge in [0, 0.05) is 12.6 Å². The number of benzene rings is 1. The second-order valence-electron chi connectivity index (χ2n) is 5.34. The van der Waals surface area contributed by atoms with Gasteiger partial charge in [0.25, 0.3) is 5.91 Å². The van der Waals surface area contributed by atoms with E-state index in [-0.39, 0.29) is 12.0 Å². The number of hydrogen-bond donors (Lipinski definition) is 0. The van der Waals surface area contributed by atoms with Crippen molar-refractivity contribution < 1.29 is 22.4 Å². The van der Waals surface area contributed by atoms with E-state index in [0.29, 0.717) is 24.7 Å². The monoisotopic (exact) mass is 289 g/mol. The van der Waals surface area contributed by atoms with E-state index in [1.165, 1.54) is 4.90 Å². The molecule has 0 N–H and O–H groups in total. The number of alkyl halides is 3. The molecule has 6 heteroatoms. The zero-order valence-corrected chi connectivity index (χ0v) is 11.2. The summed E-state index contributed by atoms with van der Waals surface area (Å²) in [6, 6.07) is 1.84. The summed E-state index contributed by atoms with van der Waals surface area (Å²) in [7, 11) is 0. The zero-order valence-electron chi connectivity index (χ0n) is 11.2. The minimum atomic E-state index is -4.59. The van der Waals surface area contributed by atoms with Gasteiger partial charge in [-0.15, -0.1) is 0 Å². The topological polar surface area (TPSA) is 20.3 Å². The number of likely N-dealkylation sites (tertiary alicyclic amines) is 1. The SMILES string of the molecule is CC1CC(C)N(C(=O)c2cc(C(F)(F)F)ccc2F)C1. The second-order valence-corrected chi connectivity index (χ2v) is 5.34. The average molecular weight is 289 g/mol. The Bertz CT molecular complexity index is 526. The van der Waals surface area contributed by atoms with E-state index in [1.54, 1.807) is 0 Å². The molecular weight excluding hydrogens is 274 g/mol. The molecule has 2 atom stereocenters. The van der Waals surface area contributed by atoms with Gasteiger partial charge in [-0.25, -0.2) is 4.39 Å². The molecule has 0 saturated carbocycles. The number of hydrogen-bond acceptors (Lipinski definition) is 1. The lowest BCUT2D eigenvalue weighted by Crippen LogP contribution is -2.34. The van der Waals surface area contributed by atoms with Crippen LogP contribution in [0.1, 0.15) is 36.2 Å². The minimum absolute atomic E-state index is 0.0913. The Morgan fingerprint density at radius 3 is 2.45 bits per heavy atom. The van der Waals surface area contributed by atoms with E-state index in [9.17, 15) is 22.4 Å². The molecule has 1 amide bonds. The van der Waals surface area contributed by atoms with Crippen molar-refractivity contribution in [3.8, 4) is 0 Å². The highest BCUT2D eigenvalue weighted by molar-refractivity contribution is 5.95. The van der Waals surface area contributed by atoms with Crippen molar-refractivity contribution in [2.24, 2.45) is 5.92 Å². The summed E-state index contributed by atoms with van der Waals surface area (Å²) in [5.74, 6) is -1.33. The summed E-state index contributed by atoms with van der Waals surface area (Å²) in [6.07, 6.45) is -3.82. The maximum Gasteiger partial charge on any atom is 0.416 e. The Hall–Kier alpha value is -1.59. The number of amides is 1. The van der Waals surface area contributed by atoms with Crippen LogP contribution in [0.15, 0.2) is 18.2 Å². The third kappa shape index (κ3) is 2.78. The lowest BCUT2D eigenvalue weighted by Gasteiger charge is -2.22. The Kier molecular flexibility index (Phi) is 3.75. The maximum atomic E-state index is 13.7. The Morgan fingerprint density at radius 2 is 1.95 bits per heavy atom. The van der Waals surface area contributed by atoms with E-state index in [1.807, 2.05) is 13.8 Å². The highest BCUT2D eigenvalue weighted by Gasteiger charge is 2.35. The van der Waals surface area contributed by atoms with Crippen LogP contribution in [-0.4, -0.2) is 23.4 Å². The minimum Gasteiger partial charge on any atom is -0.336 e. The Morgan fingerprint density at radius 1 is 1.30 bits per heavy atom. The van der Waals surface area contributed by atoms with Gasteiger partial charge in [0.15, 0.2) is 0 Å². The van der Waals surface area contributed by atoms with Crippen LogP contribution in [0.25, 0.3) is 0 Å². The van der Waals surface area contributed by atoms with Crippen molar-refractivity contribution in [1.82, 2.24) is 4.90 Å². The molecule has 1 aromatic carbocycles. The number of nitrogens with zero attached hydrogens (tertiary/aromatic N) is 1. The molecule has 2 unspecified atom stereocenters. The van der Waals surface area contributed by atoms with Crippen LogP contribution in [0.5, 0.6) is 0 Å². The quantitative estimate of drug-likeness (QED) is 0.722. The van der Waals surface area contributed by atoms with Crippen molar-refractivity contribution in [1.29, 1.82) is 0 Å². The van der Waals surface area contributed by atoms with Gasteiger partial charge < -0.3 is 4.90 Å². The zero-order chi connectivity index (χ0) is 15.1. The van der Waals surface area contributed by atoms with Crippen molar-refractivity contribution in [3.05, 3.63) is 35.1 Å². The fourth-order valence-electron chi connectivity index (χ4n) is 2.60. The first kappa shape index (κ1) is 14.8. The van der Waals surface area contributed by atoms with Gasteiger partial charge in [0.2, 0.25) is 0 Å². The third-order valence-electron chi connectivity index (χ3n) is 3.57. The first-order valence-electron chi connectivity index (χ1n) is 6.38. The molecule has 0 spiro atoms. The summed E-state index contributed by atoms with van der Waals surface area (Å²) in [6.45, 7) is 4.20. The van der Waals surface area contributed by atoms with Crippen molar-refractivity contribution in [3.63, 3.8) is 0 Å². The smallest absolute Gasteiger partial charge is 0.336 e. The molecule has 20 heavy (non-hydrogen) atoms. The Balaban J connectivity index is 2.35. The summed E-state index contributed by atoms with van der Waals surface area (Å²) >= 11 is 0.